The van der Waals surface area contributed by atoms with Gasteiger partial charge in [-0.3, -0.25) is 14.5 Å². The molecule has 1 fully saturated rings. The smallest absolute Gasteiger partial charge is 0.237 e. The first-order valence-electron chi connectivity index (χ1n) is 5.92. The molecule has 1 aliphatic rings. The van der Waals surface area contributed by atoms with Gasteiger partial charge in [0.15, 0.2) is 0 Å². The maximum absolute atomic E-state index is 12.2. The summed E-state index contributed by atoms with van der Waals surface area (Å²) in [4.78, 5) is 25.2. The SMILES string of the molecule is CC(C#N)CN1C(=O)CC(c2ccccc2)C1=O. The predicted octanol–water partition coefficient (Wildman–Crippen LogP) is 1.69. The first-order valence-corrected chi connectivity index (χ1v) is 5.92. The summed E-state index contributed by atoms with van der Waals surface area (Å²) in [6, 6.07) is 11.3. The molecule has 1 saturated heterocycles. The van der Waals surface area contributed by atoms with E-state index in [1.165, 1.54) is 4.90 Å². The second-order valence-corrected chi connectivity index (χ2v) is 4.54. The van der Waals surface area contributed by atoms with Crippen LogP contribution in [0.15, 0.2) is 30.3 Å². The van der Waals surface area contributed by atoms with Crippen LogP contribution < -0.4 is 0 Å². The zero-order valence-electron chi connectivity index (χ0n) is 10.2. The number of nitriles is 1. The Morgan fingerprint density at radius 1 is 1.39 bits per heavy atom. The molecule has 2 amide bonds. The van der Waals surface area contributed by atoms with Crippen molar-refractivity contribution >= 4 is 11.8 Å². The van der Waals surface area contributed by atoms with Crippen molar-refractivity contribution in [2.24, 2.45) is 5.92 Å². The van der Waals surface area contributed by atoms with E-state index < -0.39 is 0 Å². The van der Waals surface area contributed by atoms with Gasteiger partial charge < -0.3 is 0 Å². The minimum atomic E-state index is -0.385. The summed E-state index contributed by atoms with van der Waals surface area (Å²) in [6.07, 6.45) is 0.209. The van der Waals surface area contributed by atoms with E-state index in [-0.39, 0.29) is 36.6 Å². The second-order valence-electron chi connectivity index (χ2n) is 4.54. The fraction of sp³-hybridized carbons (Fsp3) is 0.357. The molecule has 1 aromatic rings. The Hall–Kier alpha value is -2.15. The van der Waals surface area contributed by atoms with Crippen molar-refractivity contribution < 1.29 is 9.59 Å². The number of amides is 2. The average Bonchev–Trinajstić information content (AvgIpc) is 2.67. The van der Waals surface area contributed by atoms with Crippen LogP contribution in [0.4, 0.5) is 0 Å². The number of imide groups is 1. The molecule has 1 aromatic carbocycles. The fourth-order valence-corrected chi connectivity index (χ4v) is 2.14. The highest BCUT2D eigenvalue weighted by Gasteiger charge is 2.39. The lowest BCUT2D eigenvalue weighted by molar-refractivity contribution is -0.139. The first-order chi connectivity index (χ1) is 8.63. The van der Waals surface area contributed by atoms with Gasteiger partial charge in [0.25, 0.3) is 0 Å². The van der Waals surface area contributed by atoms with Crippen LogP contribution in [-0.4, -0.2) is 23.3 Å². The van der Waals surface area contributed by atoms with Crippen molar-refractivity contribution in [3.8, 4) is 6.07 Å². The van der Waals surface area contributed by atoms with Gasteiger partial charge in [0.05, 0.1) is 17.9 Å². The normalized spacial score (nSPS) is 20.9. The zero-order valence-corrected chi connectivity index (χ0v) is 10.2. The van der Waals surface area contributed by atoms with Gasteiger partial charge in [-0.05, 0) is 12.5 Å². The van der Waals surface area contributed by atoms with Gasteiger partial charge in [-0.1, -0.05) is 30.3 Å². The molecule has 2 unspecified atom stereocenters. The molecule has 1 aliphatic heterocycles. The van der Waals surface area contributed by atoms with Gasteiger partial charge in [0, 0.05) is 13.0 Å². The van der Waals surface area contributed by atoms with Crippen molar-refractivity contribution in [1.82, 2.24) is 4.90 Å². The van der Waals surface area contributed by atoms with Crippen molar-refractivity contribution in [2.45, 2.75) is 19.3 Å². The third-order valence-electron chi connectivity index (χ3n) is 3.12. The monoisotopic (exact) mass is 242 g/mol. The van der Waals surface area contributed by atoms with E-state index in [9.17, 15) is 9.59 Å². The largest absolute Gasteiger partial charge is 0.281 e. The standard InChI is InChI=1S/C14H14N2O2/c1-10(8-15)9-16-13(17)7-12(14(16)18)11-5-3-2-4-6-11/h2-6,10,12H,7,9H2,1H3. The van der Waals surface area contributed by atoms with Crippen LogP contribution in [-0.2, 0) is 9.59 Å². The van der Waals surface area contributed by atoms with Crippen LogP contribution >= 0.6 is 0 Å². The third-order valence-corrected chi connectivity index (χ3v) is 3.12. The Morgan fingerprint density at radius 3 is 2.67 bits per heavy atom. The summed E-state index contributed by atoms with van der Waals surface area (Å²) < 4.78 is 0. The molecule has 0 N–H and O–H groups in total. The molecule has 0 aliphatic carbocycles. The minimum absolute atomic E-state index is 0.184. The topological polar surface area (TPSA) is 61.2 Å². The summed E-state index contributed by atoms with van der Waals surface area (Å²) in [5.74, 6) is -1.08. The van der Waals surface area contributed by atoms with E-state index in [1.807, 2.05) is 36.4 Å². The number of likely N-dealkylation sites (tertiary alicyclic amines) is 1. The summed E-state index contributed by atoms with van der Waals surface area (Å²) in [7, 11) is 0. The van der Waals surface area contributed by atoms with E-state index in [0.29, 0.717) is 0 Å². The average molecular weight is 242 g/mol. The molecule has 0 radical (unpaired) electrons. The summed E-state index contributed by atoms with van der Waals surface area (Å²) >= 11 is 0. The van der Waals surface area contributed by atoms with Crippen molar-refractivity contribution in [2.75, 3.05) is 6.54 Å². The van der Waals surface area contributed by atoms with E-state index >= 15 is 0 Å². The molecule has 0 saturated carbocycles. The number of carbonyl (C=O) groups excluding carboxylic acids is 2. The Morgan fingerprint density at radius 2 is 2.06 bits per heavy atom. The number of nitrogens with zero attached hydrogens (tertiary/aromatic N) is 2. The van der Waals surface area contributed by atoms with Gasteiger partial charge in [0.2, 0.25) is 11.8 Å². The highest BCUT2D eigenvalue weighted by molar-refractivity contribution is 6.06. The number of hydrogen-bond donors (Lipinski definition) is 0. The lowest BCUT2D eigenvalue weighted by Gasteiger charge is -2.16. The molecule has 92 valence electrons. The lowest BCUT2D eigenvalue weighted by atomic mass is 9.98. The van der Waals surface area contributed by atoms with Crippen LogP contribution in [0.25, 0.3) is 0 Å². The van der Waals surface area contributed by atoms with Crippen molar-refractivity contribution in [1.29, 1.82) is 5.26 Å². The molecule has 4 heteroatoms. The molecule has 2 atom stereocenters. The Balaban J connectivity index is 2.17. The van der Waals surface area contributed by atoms with E-state index in [4.69, 9.17) is 5.26 Å². The van der Waals surface area contributed by atoms with Crippen LogP contribution in [0.2, 0.25) is 0 Å². The molecule has 0 aromatic heterocycles. The van der Waals surface area contributed by atoms with Gasteiger partial charge in [-0.15, -0.1) is 0 Å². The van der Waals surface area contributed by atoms with Crippen LogP contribution in [0, 0.1) is 17.2 Å². The Bertz CT molecular complexity index is 504. The van der Waals surface area contributed by atoms with Crippen LogP contribution in [0.1, 0.15) is 24.8 Å². The Kier molecular flexibility index (Phi) is 3.42. The predicted molar refractivity (Wildman–Crippen MR) is 65.3 cm³/mol. The van der Waals surface area contributed by atoms with E-state index in [2.05, 4.69) is 0 Å². The summed E-state index contributed by atoms with van der Waals surface area (Å²) in [5, 5.41) is 8.75. The molecule has 1 heterocycles. The summed E-state index contributed by atoms with van der Waals surface area (Å²) in [5.41, 5.74) is 0.864. The van der Waals surface area contributed by atoms with Gasteiger partial charge >= 0.3 is 0 Å². The van der Waals surface area contributed by atoms with Gasteiger partial charge in [-0.25, -0.2) is 0 Å². The molecule has 0 spiro atoms. The van der Waals surface area contributed by atoms with Crippen molar-refractivity contribution in [3.63, 3.8) is 0 Å². The molecular weight excluding hydrogens is 228 g/mol. The fourth-order valence-electron chi connectivity index (χ4n) is 2.14. The molecule has 2 rings (SSSR count). The quantitative estimate of drug-likeness (QED) is 0.758. The number of hydrogen-bond acceptors (Lipinski definition) is 3. The second kappa shape index (κ2) is 5.01. The third kappa shape index (κ3) is 2.25. The highest BCUT2D eigenvalue weighted by atomic mass is 16.2. The minimum Gasteiger partial charge on any atom is -0.281 e. The number of benzene rings is 1. The van der Waals surface area contributed by atoms with Crippen LogP contribution in [0.3, 0.4) is 0 Å². The van der Waals surface area contributed by atoms with E-state index in [1.54, 1.807) is 6.92 Å². The molecule has 4 nitrogen and oxygen atoms in total. The maximum Gasteiger partial charge on any atom is 0.237 e. The highest BCUT2D eigenvalue weighted by Crippen LogP contribution is 2.29. The first kappa shape index (κ1) is 12.3. The van der Waals surface area contributed by atoms with Crippen molar-refractivity contribution in [3.05, 3.63) is 35.9 Å². The van der Waals surface area contributed by atoms with Gasteiger partial charge in [-0.2, -0.15) is 5.26 Å². The van der Waals surface area contributed by atoms with Crippen LogP contribution in [0.5, 0.6) is 0 Å². The lowest BCUT2D eigenvalue weighted by Crippen LogP contribution is -2.33. The van der Waals surface area contributed by atoms with E-state index in [0.717, 1.165) is 5.56 Å². The molecular formula is C14H14N2O2. The number of rotatable bonds is 3. The Labute approximate surface area is 106 Å². The molecule has 18 heavy (non-hydrogen) atoms. The van der Waals surface area contributed by atoms with Gasteiger partial charge in [0.1, 0.15) is 0 Å². The zero-order chi connectivity index (χ0) is 13.1. The summed E-state index contributed by atoms with van der Waals surface area (Å²) in [6.45, 7) is 1.90. The maximum atomic E-state index is 12.2. The number of carbonyl (C=O) groups is 2. The molecule has 0 bridgehead atoms.